The van der Waals surface area contributed by atoms with Crippen molar-refractivity contribution in [2.45, 2.75) is 23.3 Å². The van der Waals surface area contributed by atoms with Gasteiger partial charge in [-0.15, -0.1) is 11.8 Å². The summed E-state index contributed by atoms with van der Waals surface area (Å²) in [7, 11) is -2.04. The molecule has 2 unspecified atom stereocenters. The molecule has 2 atom stereocenters. The number of alkyl halides is 1. The summed E-state index contributed by atoms with van der Waals surface area (Å²) in [4.78, 5) is 0. The smallest absolute Gasteiger partial charge is 0.208 e. The molecule has 1 rings (SSSR count). The number of hydrogen-bond donors (Lipinski definition) is 0. The van der Waals surface area contributed by atoms with E-state index in [4.69, 9.17) is 0 Å². The zero-order valence-corrected chi connectivity index (χ0v) is 10.9. The fourth-order valence-electron chi connectivity index (χ4n) is 1.39. The van der Waals surface area contributed by atoms with E-state index < -0.39 is 14.1 Å². The Hall–Kier alpha value is 0.620. The van der Waals surface area contributed by atoms with Crippen LogP contribution in [0.25, 0.3) is 0 Å². The number of hydrogen-bond acceptors (Lipinski definition) is 3. The van der Waals surface area contributed by atoms with Crippen LogP contribution in [0.3, 0.4) is 0 Å². The van der Waals surface area contributed by atoms with E-state index in [1.165, 1.54) is 10.6 Å². The summed E-state index contributed by atoms with van der Waals surface area (Å²) in [6.45, 7) is 0.895. The third kappa shape index (κ3) is 2.40. The van der Waals surface area contributed by atoms with Crippen LogP contribution in [0.1, 0.15) is 19.3 Å². The maximum absolute atomic E-state index is 13.7. The number of piperidine rings is 1. The first-order chi connectivity index (χ1) is 6.42. The maximum Gasteiger partial charge on any atom is 0.280 e. The Morgan fingerprint density at radius 2 is 1.86 bits per heavy atom. The summed E-state index contributed by atoms with van der Waals surface area (Å²) in [6.07, 6.45) is 4.14. The third-order valence-corrected chi connectivity index (χ3v) is 7.32. The minimum Gasteiger partial charge on any atom is -0.208 e. The van der Waals surface area contributed by atoms with E-state index in [-0.39, 0.29) is 0 Å². The van der Waals surface area contributed by atoms with Gasteiger partial charge in [-0.25, -0.2) is 12.8 Å². The van der Waals surface area contributed by atoms with Crippen LogP contribution < -0.4 is 0 Å². The Labute approximate surface area is 91.1 Å². The summed E-state index contributed by atoms with van der Waals surface area (Å²) in [5.74, 6) is 0. The van der Waals surface area contributed by atoms with Gasteiger partial charge < -0.3 is 0 Å². The van der Waals surface area contributed by atoms with Crippen LogP contribution in [0.15, 0.2) is 0 Å². The minimum atomic E-state index is -3.82. The molecule has 0 radical (unpaired) electrons. The molecule has 0 spiro atoms. The molecule has 1 aliphatic rings. The first-order valence-corrected chi connectivity index (χ1v) is 7.68. The molecule has 1 saturated heterocycles. The average Bonchev–Trinajstić information content (AvgIpc) is 2.19. The van der Waals surface area contributed by atoms with Crippen molar-refractivity contribution in [1.82, 2.24) is 4.31 Å². The Morgan fingerprint density at radius 3 is 2.29 bits per heavy atom. The maximum atomic E-state index is 13.7. The monoisotopic (exact) mass is 259 g/mol. The molecule has 1 heterocycles. The molecule has 84 valence electrons. The van der Waals surface area contributed by atoms with E-state index in [1.54, 1.807) is 9.24 Å². The highest BCUT2D eigenvalue weighted by molar-refractivity contribution is 8.18. The summed E-state index contributed by atoms with van der Waals surface area (Å²) >= 11 is 0.694. The molecule has 0 saturated carbocycles. The van der Waals surface area contributed by atoms with Crippen molar-refractivity contribution in [2.75, 3.05) is 19.3 Å². The zero-order valence-electron chi connectivity index (χ0n) is 8.07. The van der Waals surface area contributed by atoms with Gasteiger partial charge in [0.25, 0.3) is 14.1 Å². The number of sulfonamides is 1. The SMILES string of the molecule is CSC(F)(P)S(=O)(=O)N1CCCCC1. The van der Waals surface area contributed by atoms with E-state index >= 15 is 0 Å². The number of rotatable bonds is 3. The molecular weight excluding hydrogens is 244 g/mol. The van der Waals surface area contributed by atoms with E-state index in [2.05, 4.69) is 0 Å². The van der Waals surface area contributed by atoms with Gasteiger partial charge in [-0.05, 0) is 19.1 Å². The Balaban J connectivity index is 2.83. The van der Waals surface area contributed by atoms with Crippen LogP contribution in [0, 0.1) is 0 Å². The van der Waals surface area contributed by atoms with Gasteiger partial charge in [0, 0.05) is 13.1 Å². The second kappa shape index (κ2) is 4.64. The molecular formula is C7H15FNO2PS2. The second-order valence-corrected chi connectivity index (χ2v) is 8.21. The van der Waals surface area contributed by atoms with Gasteiger partial charge in [-0.2, -0.15) is 4.31 Å². The molecule has 7 heteroatoms. The predicted octanol–water partition coefficient (Wildman–Crippen LogP) is 1.62. The van der Waals surface area contributed by atoms with Crippen LogP contribution in [0.2, 0.25) is 0 Å². The van der Waals surface area contributed by atoms with Crippen molar-refractivity contribution in [3.8, 4) is 0 Å². The highest BCUT2D eigenvalue weighted by Crippen LogP contribution is 2.40. The van der Waals surface area contributed by atoms with Crippen molar-refractivity contribution in [3.05, 3.63) is 0 Å². The largest absolute Gasteiger partial charge is 0.280 e. The van der Waals surface area contributed by atoms with Crippen molar-refractivity contribution in [3.63, 3.8) is 0 Å². The van der Waals surface area contributed by atoms with Gasteiger partial charge in [0.05, 0.1) is 0 Å². The van der Waals surface area contributed by atoms with Crippen LogP contribution in [-0.4, -0.2) is 36.1 Å². The van der Waals surface area contributed by atoms with Gasteiger partial charge in [0.1, 0.15) is 0 Å². The molecule has 0 aromatic carbocycles. The van der Waals surface area contributed by atoms with E-state index in [0.717, 1.165) is 19.3 Å². The molecule has 0 aliphatic carbocycles. The second-order valence-electron chi connectivity index (χ2n) is 3.25. The lowest BCUT2D eigenvalue weighted by Crippen LogP contribution is -2.43. The molecule has 0 bridgehead atoms. The van der Waals surface area contributed by atoms with Crippen molar-refractivity contribution >= 4 is 31.0 Å². The van der Waals surface area contributed by atoms with Crippen molar-refractivity contribution < 1.29 is 12.8 Å². The number of halogens is 1. The standard InChI is InChI=1S/C7H15FNO2PS2/c1-13-7(8,12)14(10,11)9-5-3-2-4-6-9/h2-6,12H2,1H3. The lowest BCUT2D eigenvalue weighted by atomic mass is 10.2. The van der Waals surface area contributed by atoms with Gasteiger partial charge in [-0.1, -0.05) is 15.7 Å². The summed E-state index contributed by atoms with van der Waals surface area (Å²) in [5, 5.41) is 0. The molecule has 3 nitrogen and oxygen atoms in total. The third-order valence-electron chi connectivity index (χ3n) is 2.29. The fraction of sp³-hybridized carbons (Fsp3) is 1.00. The molecule has 0 aromatic heterocycles. The topological polar surface area (TPSA) is 37.4 Å². The lowest BCUT2D eigenvalue weighted by Gasteiger charge is -2.30. The predicted molar refractivity (Wildman–Crippen MR) is 61.4 cm³/mol. The number of thioether (sulfide) groups is 1. The van der Waals surface area contributed by atoms with Crippen LogP contribution in [0.5, 0.6) is 0 Å². The van der Waals surface area contributed by atoms with Gasteiger partial charge in [-0.3, -0.25) is 0 Å². The molecule has 1 fully saturated rings. The van der Waals surface area contributed by atoms with Crippen LogP contribution >= 0.6 is 21.0 Å². The van der Waals surface area contributed by atoms with Crippen LogP contribution in [0.4, 0.5) is 4.39 Å². The van der Waals surface area contributed by atoms with E-state index in [0.29, 0.717) is 24.9 Å². The normalized spacial score (nSPS) is 24.5. The molecule has 14 heavy (non-hydrogen) atoms. The molecule has 0 aromatic rings. The molecule has 0 amide bonds. The number of nitrogens with zero attached hydrogens (tertiary/aromatic N) is 1. The van der Waals surface area contributed by atoms with Crippen molar-refractivity contribution in [2.24, 2.45) is 0 Å². The summed E-state index contributed by atoms with van der Waals surface area (Å²) < 4.78 is 36.1. The Morgan fingerprint density at radius 1 is 1.36 bits per heavy atom. The highest BCUT2D eigenvalue weighted by Gasteiger charge is 2.43. The zero-order chi connectivity index (χ0) is 10.8. The highest BCUT2D eigenvalue weighted by atomic mass is 32.3. The molecule has 1 aliphatic heterocycles. The summed E-state index contributed by atoms with van der Waals surface area (Å²) in [5.41, 5.74) is 0. The van der Waals surface area contributed by atoms with Gasteiger partial charge in [0.2, 0.25) is 0 Å². The van der Waals surface area contributed by atoms with E-state index in [1.807, 2.05) is 0 Å². The first kappa shape index (κ1) is 12.7. The summed E-state index contributed by atoms with van der Waals surface area (Å²) in [6, 6.07) is 0. The lowest BCUT2D eigenvalue weighted by molar-refractivity contribution is 0.331. The quantitative estimate of drug-likeness (QED) is 0.723. The first-order valence-electron chi connectivity index (χ1n) is 4.44. The van der Waals surface area contributed by atoms with E-state index in [9.17, 15) is 12.8 Å². The Kier molecular flexibility index (Phi) is 4.21. The minimum absolute atomic E-state index is 0.447. The van der Waals surface area contributed by atoms with Crippen LogP contribution in [-0.2, 0) is 10.0 Å². The fourth-order valence-corrected chi connectivity index (χ4v) is 4.08. The molecule has 0 N–H and O–H groups in total. The van der Waals surface area contributed by atoms with Crippen molar-refractivity contribution in [1.29, 1.82) is 0 Å². The van der Waals surface area contributed by atoms with Gasteiger partial charge >= 0.3 is 0 Å². The Bertz CT molecular complexity index is 288. The average molecular weight is 259 g/mol. The van der Waals surface area contributed by atoms with Gasteiger partial charge in [0.15, 0.2) is 0 Å².